The van der Waals surface area contributed by atoms with Crippen molar-refractivity contribution in [1.29, 1.82) is 0 Å². The Bertz CT molecular complexity index is 470. The first-order valence-electron chi connectivity index (χ1n) is 7.19. The van der Waals surface area contributed by atoms with E-state index in [0.29, 0.717) is 13.1 Å². The summed E-state index contributed by atoms with van der Waals surface area (Å²) in [5.41, 5.74) is 1.28. The van der Waals surface area contributed by atoms with Gasteiger partial charge in [0.15, 0.2) is 0 Å². The van der Waals surface area contributed by atoms with Crippen LogP contribution < -0.4 is 0 Å². The van der Waals surface area contributed by atoms with Crippen molar-refractivity contribution in [3.63, 3.8) is 0 Å². The molecule has 0 bridgehead atoms. The van der Waals surface area contributed by atoms with Crippen LogP contribution in [0.4, 0.5) is 0 Å². The molecule has 0 spiro atoms. The fourth-order valence-electron chi connectivity index (χ4n) is 2.37. The minimum atomic E-state index is -0.398. The number of rotatable bonds is 8. The second-order valence-electron chi connectivity index (χ2n) is 5.10. The standard InChI is InChI=1S/C16H23N3O/c1-2-10-18(12-15-7-4-3-5-8-15)13-16(20)14-19-11-6-9-17-19/h3-9,11,16,20H,2,10,12-14H2,1H3/t16-/m1/s1. The molecule has 0 aliphatic heterocycles. The predicted octanol–water partition coefficient (Wildman–Crippen LogP) is 2.16. The number of nitrogens with zero attached hydrogens (tertiary/aromatic N) is 3. The molecule has 4 heteroatoms. The minimum Gasteiger partial charge on any atom is -0.390 e. The van der Waals surface area contributed by atoms with Gasteiger partial charge in [-0.3, -0.25) is 9.58 Å². The monoisotopic (exact) mass is 273 g/mol. The van der Waals surface area contributed by atoms with Crippen molar-refractivity contribution < 1.29 is 5.11 Å². The molecule has 108 valence electrons. The lowest BCUT2D eigenvalue weighted by Crippen LogP contribution is -2.35. The second-order valence-corrected chi connectivity index (χ2v) is 5.10. The van der Waals surface area contributed by atoms with E-state index in [2.05, 4.69) is 41.2 Å². The number of hydrogen-bond donors (Lipinski definition) is 1. The van der Waals surface area contributed by atoms with Crippen LogP contribution in [0.1, 0.15) is 18.9 Å². The average molecular weight is 273 g/mol. The third-order valence-corrected chi connectivity index (χ3v) is 3.21. The van der Waals surface area contributed by atoms with E-state index in [4.69, 9.17) is 0 Å². The molecular formula is C16H23N3O. The molecule has 1 heterocycles. The molecule has 1 atom stereocenters. The molecule has 0 unspecified atom stereocenters. The maximum absolute atomic E-state index is 10.2. The van der Waals surface area contributed by atoms with E-state index in [0.717, 1.165) is 19.5 Å². The Kier molecular flexibility index (Phi) is 5.77. The molecule has 0 saturated heterocycles. The molecule has 0 aliphatic carbocycles. The predicted molar refractivity (Wildman–Crippen MR) is 80.2 cm³/mol. The summed E-state index contributed by atoms with van der Waals surface area (Å²) in [6.45, 7) is 5.25. The highest BCUT2D eigenvalue weighted by Crippen LogP contribution is 2.06. The first-order valence-corrected chi connectivity index (χ1v) is 7.19. The average Bonchev–Trinajstić information content (AvgIpc) is 2.93. The lowest BCUT2D eigenvalue weighted by Gasteiger charge is -2.24. The Morgan fingerprint density at radius 1 is 1.25 bits per heavy atom. The first-order chi connectivity index (χ1) is 9.78. The van der Waals surface area contributed by atoms with Gasteiger partial charge in [-0.25, -0.2) is 0 Å². The zero-order valence-corrected chi connectivity index (χ0v) is 12.0. The molecule has 0 radical (unpaired) electrons. The Hall–Kier alpha value is -1.65. The SMILES string of the molecule is CCCN(Cc1ccccc1)C[C@@H](O)Cn1cccn1. The van der Waals surface area contributed by atoms with Gasteiger partial charge in [-0.2, -0.15) is 5.10 Å². The van der Waals surface area contributed by atoms with Gasteiger partial charge in [-0.05, 0) is 24.6 Å². The second kappa shape index (κ2) is 7.82. The molecule has 2 aromatic rings. The summed E-state index contributed by atoms with van der Waals surface area (Å²) in [4.78, 5) is 2.30. The van der Waals surface area contributed by atoms with Gasteiger partial charge in [0.1, 0.15) is 0 Å². The molecule has 1 aromatic heterocycles. The van der Waals surface area contributed by atoms with E-state index < -0.39 is 6.10 Å². The van der Waals surface area contributed by atoms with E-state index in [9.17, 15) is 5.11 Å². The Morgan fingerprint density at radius 2 is 2.05 bits per heavy atom. The summed E-state index contributed by atoms with van der Waals surface area (Å²) < 4.78 is 1.78. The summed E-state index contributed by atoms with van der Waals surface area (Å²) in [6, 6.07) is 12.3. The van der Waals surface area contributed by atoms with Gasteiger partial charge < -0.3 is 5.11 Å². The van der Waals surface area contributed by atoms with Crippen LogP contribution in [0.2, 0.25) is 0 Å². The fraction of sp³-hybridized carbons (Fsp3) is 0.438. The van der Waals surface area contributed by atoms with Gasteiger partial charge in [0.05, 0.1) is 12.6 Å². The van der Waals surface area contributed by atoms with Crippen molar-refractivity contribution in [3.8, 4) is 0 Å². The summed E-state index contributed by atoms with van der Waals surface area (Å²) in [5, 5.41) is 14.3. The van der Waals surface area contributed by atoms with Gasteiger partial charge in [0.2, 0.25) is 0 Å². The number of hydrogen-bond acceptors (Lipinski definition) is 3. The Morgan fingerprint density at radius 3 is 2.70 bits per heavy atom. The third-order valence-electron chi connectivity index (χ3n) is 3.21. The Balaban J connectivity index is 1.88. The quantitative estimate of drug-likeness (QED) is 0.801. The van der Waals surface area contributed by atoms with E-state index in [1.54, 1.807) is 10.9 Å². The van der Waals surface area contributed by atoms with Crippen LogP contribution in [-0.4, -0.2) is 39.0 Å². The van der Waals surface area contributed by atoms with Crippen LogP contribution >= 0.6 is 0 Å². The number of aromatic nitrogens is 2. The summed E-state index contributed by atoms with van der Waals surface area (Å²) in [6.07, 6.45) is 4.30. The van der Waals surface area contributed by atoms with Crippen molar-refractivity contribution in [2.75, 3.05) is 13.1 Å². The zero-order valence-electron chi connectivity index (χ0n) is 12.0. The molecule has 0 amide bonds. The third kappa shape index (κ3) is 4.79. The molecule has 2 rings (SSSR count). The van der Waals surface area contributed by atoms with Crippen molar-refractivity contribution in [1.82, 2.24) is 14.7 Å². The number of aliphatic hydroxyl groups is 1. The van der Waals surface area contributed by atoms with E-state index in [1.165, 1.54) is 5.56 Å². The first kappa shape index (κ1) is 14.8. The van der Waals surface area contributed by atoms with E-state index in [-0.39, 0.29) is 0 Å². The molecule has 4 nitrogen and oxygen atoms in total. The van der Waals surface area contributed by atoms with Gasteiger partial charge in [0, 0.05) is 25.5 Å². The van der Waals surface area contributed by atoms with Gasteiger partial charge in [-0.1, -0.05) is 37.3 Å². The van der Waals surface area contributed by atoms with Crippen LogP contribution in [-0.2, 0) is 13.1 Å². The zero-order chi connectivity index (χ0) is 14.2. The summed E-state index contributed by atoms with van der Waals surface area (Å²) in [7, 11) is 0. The van der Waals surface area contributed by atoms with Gasteiger partial charge in [0.25, 0.3) is 0 Å². The van der Waals surface area contributed by atoms with Crippen molar-refractivity contribution in [2.45, 2.75) is 32.5 Å². The van der Waals surface area contributed by atoms with Crippen LogP contribution in [0, 0.1) is 0 Å². The van der Waals surface area contributed by atoms with Crippen LogP contribution in [0.5, 0.6) is 0 Å². The molecule has 1 aromatic carbocycles. The maximum atomic E-state index is 10.2. The van der Waals surface area contributed by atoms with Crippen molar-refractivity contribution in [3.05, 3.63) is 54.4 Å². The molecular weight excluding hydrogens is 250 g/mol. The van der Waals surface area contributed by atoms with Crippen LogP contribution in [0.25, 0.3) is 0 Å². The van der Waals surface area contributed by atoms with Crippen LogP contribution in [0.3, 0.4) is 0 Å². The molecule has 20 heavy (non-hydrogen) atoms. The highest BCUT2D eigenvalue weighted by atomic mass is 16.3. The molecule has 0 saturated carbocycles. The summed E-state index contributed by atoms with van der Waals surface area (Å²) >= 11 is 0. The van der Waals surface area contributed by atoms with E-state index >= 15 is 0 Å². The minimum absolute atomic E-state index is 0.398. The Labute approximate surface area is 120 Å². The molecule has 0 aliphatic rings. The highest BCUT2D eigenvalue weighted by molar-refractivity contribution is 5.14. The fourth-order valence-corrected chi connectivity index (χ4v) is 2.37. The molecule has 1 N–H and O–H groups in total. The topological polar surface area (TPSA) is 41.3 Å². The highest BCUT2D eigenvalue weighted by Gasteiger charge is 2.12. The number of aliphatic hydroxyl groups excluding tert-OH is 1. The number of benzene rings is 1. The van der Waals surface area contributed by atoms with Crippen LogP contribution in [0.15, 0.2) is 48.8 Å². The van der Waals surface area contributed by atoms with Crippen molar-refractivity contribution in [2.24, 2.45) is 0 Å². The smallest absolute Gasteiger partial charge is 0.0862 e. The van der Waals surface area contributed by atoms with Gasteiger partial charge in [-0.15, -0.1) is 0 Å². The lowest BCUT2D eigenvalue weighted by atomic mass is 10.2. The largest absolute Gasteiger partial charge is 0.390 e. The van der Waals surface area contributed by atoms with E-state index in [1.807, 2.05) is 18.3 Å². The lowest BCUT2D eigenvalue weighted by molar-refractivity contribution is 0.0914. The normalized spacial score (nSPS) is 12.8. The van der Waals surface area contributed by atoms with Gasteiger partial charge >= 0.3 is 0 Å². The summed E-state index contributed by atoms with van der Waals surface area (Å²) in [5.74, 6) is 0. The van der Waals surface area contributed by atoms with Crippen molar-refractivity contribution >= 4 is 0 Å². The molecule has 0 fully saturated rings. The maximum Gasteiger partial charge on any atom is 0.0862 e.